The Bertz CT molecular complexity index is 814. The maximum atomic E-state index is 11.9. The van der Waals surface area contributed by atoms with Gasteiger partial charge in [0.2, 0.25) is 0 Å². The number of benzene rings is 2. The first-order chi connectivity index (χ1) is 13.0. The Morgan fingerprint density at radius 3 is 2.63 bits per heavy atom. The number of carbonyl (C=O) groups is 2. The normalized spacial score (nSPS) is 10.2. The molecule has 3 N–H and O–H groups in total. The van der Waals surface area contributed by atoms with E-state index in [0.717, 1.165) is 17.6 Å². The van der Waals surface area contributed by atoms with Gasteiger partial charge in [-0.2, -0.15) is 11.8 Å². The van der Waals surface area contributed by atoms with Crippen LogP contribution in [0, 0.1) is 10.1 Å². The first-order valence-corrected chi connectivity index (χ1v) is 9.22. The van der Waals surface area contributed by atoms with Crippen molar-refractivity contribution in [2.45, 2.75) is 5.75 Å². The molecule has 0 aliphatic carbocycles. The van der Waals surface area contributed by atoms with Crippen LogP contribution in [-0.2, 0) is 15.3 Å². The molecule has 27 heavy (non-hydrogen) atoms. The maximum Gasteiger partial charge on any atom is 0.338 e. The van der Waals surface area contributed by atoms with Gasteiger partial charge in [-0.15, -0.1) is 0 Å². The second-order valence-corrected chi connectivity index (χ2v) is 6.60. The number of rotatable bonds is 9. The van der Waals surface area contributed by atoms with Crippen molar-refractivity contribution >= 4 is 35.0 Å². The molecular formula is C18H19N3O5S. The zero-order valence-electron chi connectivity index (χ0n) is 14.4. The van der Waals surface area contributed by atoms with Gasteiger partial charge in [0.05, 0.1) is 10.5 Å². The molecule has 0 spiro atoms. The predicted octanol–water partition coefficient (Wildman–Crippen LogP) is 2.38. The number of thioether (sulfide) groups is 1. The molecule has 9 heteroatoms. The van der Waals surface area contributed by atoms with Crippen LogP contribution in [0.1, 0.15) is 15.9 Å². The number of nitro benzene ring substituents is 1. The molecule has 0 aromatic heterocycles. The number of nitrogens with one attached hydrogen (secondary N) is 1. The van der Waals surface area contributed by atoms with Crippen LogP contribution in [-0.4, -0.2) is 35.7 Å². The first-order valence-electron chi connectivity index (χ1n) is 8.07. The molecule has 2 rings (SSSR count). The third-order valence-electron chi connectivity index (χ3n) is 3.48. The largest absolute Gasteiger partial charge is 0.452 e. The van der Waals surface area contributed by atoms with Crippen LogP contribution in [0.3, 0.4) is 0 Å². The highest BCUT2D eigenvalue weighted by Crippen LogP contribution is 2.22. The highest BCUT2D eigenvalue weighted by molar-refractivity contribution is 7.98. The summed E-state index contributed by atoms with van der Waals surface area (Å²) in [4.78, 5) is 33.8. The Hall–Kier alpha value is -3.07. The zero-order chi connectivity index (χ0) is 19.6. The fourth-order valence-corrected chi connectivity index (χ4v) is 2.94. The van der Waals surface area contributed by atoms with Gasteiger partial charge in [-0.3, -0.25) is 14.9 Å². The van der Waals surface area contributed by atoms with Crippen molar-refractivity contribution in [2.75, 3.05) is 24.6 Å². The number of nitro groups is 1. The molecule has 2 aromatic rings. The minimum Gasteiger partial charge on any atom is -0.452 e. The highest BCUT2D eigenvalue weighted by atomic mass is 32.2. The van der Waals surface area contributed by atoms with E-state index >= 15 is 0 Å². The number of hydrogen-bond acceptors (Lipinski definition) is 7. The standard InChI is InChI=1S/C18H19N3O5S/c19-15-7-6-14(10-16(15)21(24)25)18(23)26-11-17(22)20-8-9-27-12-13-4-2-1-3-5-13/h1-7,10H,8-9,11-12,19H2,(H,20,22). The van der Waals surface area contributed by atoms with Gasteiger partial charge in [0.15, 0.2) is 6.61 Å². The molecular weight excluding hydrogens is 370 g/mol. The highest BCUT2D eigenvalue weighted by Gasteiger charge is 2.17. The van der Waals surface area contributed by atoms with E-state index in [9.17, 15) is 19.7 Å². The number of nitrogens with two attached hydrogens (primary N) is 1. The molecule has 0 unspecified atom stereocenters. The summed E-state index contributed by atoms with van der Waals surface area (Å²) in [6, 6.07) is 13.6. The zero-order valence-corrected chi connectivity index (χ0v) is 15.2. The van der Waals surface area contributed by atoms with E-state index in [0.29, 0.717) is 6.54 Å². The number of amides is 1. The molecule has 0 bridgehead atoms. The second-order valence-electron chi connectivity index (χ2n) is 5.49. The van der Waals surface area contributed by atoms with E-state index in [1.54, 1.807) is 11.8 Å². The number of esters is 1. The van der Waals surface area contributed by atoms with Crippen molar-refractivity contribution in [2.24, 2.45) is 0 Å². The summed E-state index contributed by atoms with van der Waals surface area (Å²) in [5.41, 5.74) is 6.20. The number of anilines is 1. The molecule has 1 amide bonds. The topological polar surface area (TPSA) is 125 Å². The number of nitrogens with zero attached hydrogens (tertiary/aromatic N) is 1. The summed E-state index contributed by atoms with van der Waals surface area (Å²) < 4.78 is 4.87. The summed E-state index contributed by atoms with van der Waals surface area (Å²) in [6.45, 7) is -0.0123. The molecule has 0 heterocycles. The van der Waals surface area contributed by atoms with Crippen LogP contribution in [0.5, 0.6) is 0 Å². The Labute approximate surface area is 160 Å². The summed E-state index contributed by atoms with van der Waals surface area (Å²) in [6.07, 6.45) is 0. The monoisotopic (exact) mass is 389 g/mol. The van der Waals surface area contributed by atoms with Crippen LogP contribution in [0.4, 0.5) is 11.4 Å². The van der Waals surface area contributed by atoms with Crippen LogP contribution in [0.2, 0.25) is 0 Å². The number of hydrogen-bond donors (Lipinski definition) is 2. The van der Waals surface area contributed by atoms with Gasteiger partial charge in [0.25, 0.3) is 11.6 Å². The van der Waals surface area contributed by atoms with Gasteiger partial charge in [0, 0.05) is 24.1 Å². The molecule has 0 fully saturated rings. The molecule has 142 valence electrons. The fraction of sp³-hybridized carbons (Fsp3) is 0.222. The smallest absolute Gasteiger partial charge is 0.338 e. The second kappa shape index (κ2) is 10.2. The molecule has 0 radical (unpaired) electrons. The van der Waals surface area contributed by atoms with Gasteiger partial charge >= 0.3 is 5.97 Å². The fourth-order valence-electron chi connectivity index (χ4n) is 2.12. The van der Waals surface area contributed by atoms with Crippen molar-refractivity contribution < 1.29 is 19.2 Å². The average Bonchev–Trinajstić information content (AvgIpc) is 2.66. The van der Waals surface area contributed by atoms with Crippen molar-refractivity contribution in [1.82, 2.24) is 5.32 Å². The van der Waals surface area contributed by atoms with Gasteiger partial charge in [0.1, 0.15) is 5.69 Å². The van der Waals surface area contributed by atoms with E-state index in [2.05, 4.69) is 5.32 Å². The summed E-state index contributed by atoms with van der Waals surface area (Å²) in [5.74, 6) is 0.306. The summed E-state index contributed by atoms with van der Waals surface area (Å²) >= 11 is 1.68. The Balaban J connectivity index is 1.68. The van der Waals surface area contributed by atoms with E-state index in [1.165, 1.54) is 17.7 Å². The molecule has 0 saturated heterocycles. The summed E-state index contributed by atoms with van der Waals surface area (Å²) in [7, 11) is 0. The quantitative estimate of drug-likeness (QED) is 0.222. The van der Waals surface area contributed by atoms with Gasteiger partial charge in [-0.25, -0.2) is 4.79 Å². The lowest BCUT2D eigenvalue weighted by Gasteiger charge is -2.07. The van der Waals surface area contributed by atoms with Crippen molar-refractivity contribution in [1.29, 1.82) is 0 Å². The number of nitrogen functional groups attached to an aromatic ring is 1. The lowest BCUT2D eigenvalue weighted by molar-refractivity contribution is -0.383. The Kier molecular flexibility index (Phi) is 7.63. The van der Waals surface area contributed by atoms with Gasteiger partial charge in [-0.1, -0.05) is 30.3 Å². The van der Waals surface area contributed by atoms with Crippen molar-refractivity contribution in [3.63, 3.8) is 0 Å². The SMILES string of the molecule is Nc1ccc(C(=O)OCC(=O)NCCSCc2ccccc2)cc1[N+](=O)[O-]. The summed E-state index contributed by atoms with van der Waals surface area (Å²) in [5, 5.41) is 13.5. The van der Waals surface area contributed by atoms with E-state index in [4.69, 9.17) is 10.5 Å². The third-order valence-corrected chi connectivity index (χ3v) is 4.51. The third kappa shape index (κ3) is 6.63. The molecule has 0 aliphatic rings. The van der Waals surface area contributed by atoms with Crippen molar-refractivity contribution in [3.05, 3.63) is 69.8 Å². The number of carbonyl (C=O) groups excluding carboxylic acids is 2. The van der Waals surface area contributed by atoms with Crippen LogP contribution in [0.25, 0.3) is 0 Å². The molecule has 0 aliphatic heterocycles. The number of ether oxygens (including phenoxy) is 1. The van der Waals surface area contributed by atoms with Gasteiger partial charge in [-0.05, 0) is 17.7 Å². The lowest BCUT2D eigenvalue weighted by Crippen LogP contribution is -2.30. The molecule has 0 saturated carbocycles. The van der Waals surface area contributed by atoms with Gasteiger partial charge < -0.3 is 15.8 Å². The molecule has 2 aromatic carbocycles. The average molecular weight is 389 g/mol. The molecule has 8 nitrogen and oxygen atoms in total. The minimum atomic E-state index is -0.827. The molecule has 0 atom stereocenters. The van der Waals surface area contributed by atoms with Crippen LogP contribution < -0.4 is 11.1 Å². The minimum absolute atomic E-state index is 0.0397. The van der Waals surface area contributed by atoms with Crippen LogP contribution in [0.15, 0.2) is 48.5 Å². The predicted molar refractivity (Wildman–Crippen MR) is 103 cm³/mol. The Morgan fingerprint density at radius 2 is 1.93 bits per heavy atom. The van der Waals surface area contributed by atoms with Crippen molar-refractivity contribution in [3.8, 4) is 0 Å². The Morgan fingerprint density at radius 1 is 1.19 bits per heavy atom. The maximum absolute atomic E-state index is 11.9. The van der Waals surface area contributed by atoms with E-state index in [1.807, 2.05) is 30.3 Å². The van der Waals surface area contributed by atoms with Crippen LogP contribution >= 0.6 is 11.8 Å². The van der Waals surface area contributed by atoms with E-state index in [-0.39, 0.29) is 16.9 Å². The van der Waals surface area contributed by atoms with E-state index < -0.39 is 23.4 Å². The first kappa shape index (κ1) is 20.2. The lowest BCUT2D eigenvalue weighted by atomic mass is 10.2.